The summed E-state index contributed by atoms with van der Waals surface area (Å²) >= 11 is 1.95. The van der Waals surface area contributed by atoms with Gasteiger partial charge < -0.3 is 5.32 Å². The average Bonchev–Trinajstić information content (AvgIpc) is 2.59. The van der Waals surface area contributed by atoms with Crippen LogP contribution in [0.2, 0.25) is 0 Å². The summed E-state index contributed by atoms with van der Waals surface area (Å²) in [6, 6.07) is 4.14. The van der Waals surface area contributed by atoms with Crippen LogP contribution < -0.4 is 5.32 Å². The minimum absolute atomic E-state index is 0.757. The molecule has 1 unspecified atom stereocenters. The fourth-order valence-corrected chi connectivity index (χ4v) is 2.44. The Morgan fingerprint density at radius 1 is 1.42 bits per heavy atom. The van der Waals surface area contributed by atoms with Crippen LogP contribution in [0.3, 0.4) is 0 Å². The number of pyridine rings is 1. The van der Waals surface area contributed by atoms with Crippen LogP contribution in [0, 0.1) is 0 Å². The van der Waals surface area contributed by atoms with Crippen molar-refractivity contribution in [1.29, 1.82) is 0 Å². The van der Waals surface area contributed by atoms with Gasteiger partial charge >= 0.3 is 0 Å². The van der Waals surface area contributed by atoms with Gasteiger partial charge in [0.15, 0.2) is 0 Å². The normalized spacial score (nSPS) is 22.8. The molecule has 0 spiro atoms. The van der Waals surface area contributed by atoms with Crippen molar-refractivity contribution in [2.24, 2.45) is 0 Å². The molecule has 2 heterocycles. The van der Waals surface area contributed by atoms with Crippen molar-refractivity contribution in [3.05, 3.63) is 24.5 Å². The second-order valence-electron chi connectivity index (χ2n) is 2.92. The highest BCUT2D eigenvalue weighted by Gasteiger charge is 2.14. The molecule has 1 aliphatic heterocycles. The van der Waals surface area contributed by atoms with E-state index in [4.69, 9.17) is 0 Å². The lowest BCUT2D eigenvalue weighted by Crippen LogP contribution is -2.09. The SMILES string of the molecule is c1cc(SC2CCNC2)ccn1. The molecule has 0 aliphatic carbocycles. The lowest BCUT2D eigenvalue weighted by Gasteiger charge is -2.06. The van der Waals surface area contributed by atoms with Gasteiger partial charge in [0.25, 0.3) is 0 Å². The van der Waals surface area contributed by atoms with E-state index >= 15 is 0 Å². The van der Waals surface area contributed by atoms with Crippen LogP contribution in [0.5, 0.6) is 0 Å². The molecule has 0 saturated carbocycles. The van der Waals surface area contributed by atoms with Crippen molar-refractivity contribution in [2.75, 3.05) is 13.1 Å². The molecule has 1 atom stereocenters. The Morgan fingerprint density at radius 3 is 2.92 bits per heavy atom. The third-order valence-corrected chi connectivity index (χ3v) is 3.25. The van der Waals surface area contributed by atoms with Crippen molar-refractivity contribution in [2.45, 2.75) is 16.6 Å². The van der Waals surface area contributed by atoms with E-state index < -0.39 is 0 Å². The molecular formula is C9H12N2S. The number of hydrogen-bond donors (Lipinski definition) is 1. The highest BCUT2D eigenvalue weighted by Crippen LogP contribution is 2.25. The average molecular weight is 180 g/mol. The molecular weight excluding hydrogens is 168 g/mol. The molecule has 1 saturated heterocycles. The zero-order valence-electron chi connectivity index (χ0n) is 6.86. The maximum atomic E-state index is 3.99. The first-order valence-corrected chi connectivity index (χ1v) is 5.10. The fourth-order valence-electron chi connectivity index (χ4n) is 1.34. The van der Waals surface area contributed by atoms with Crippen LogP contribution in [0.4, 0.5) is 0 Å². The van der Waals surface area contributed by atoms with Gasteiger partial charge in [-0.15, -0.1) is 11.8 Å². The van der Waals surface area contributed by atoms with E-state index in [1.807, 2.05) is 24.2 Å². The molecule has 12 heavy (non-hydrogen) atoms. The quantitative estimate of drug-likeness (QED) is 0.747. The molecule has 1 aliphatic rings. The van der Waals surface area contributed by atoms with Gasteiger partial charge in [-0.1, -0.05) is 0 Å². The standard InChI is InChI=1S/C9H12N2S/c1-4-10-5-2-8(1)12-9-3-6-11-7-9/h1-2,4-5,9,11H,3,6-7H2. The zero-order chi connectivity index (χ0) is 8.23. The molecule has 1 fully saturated rings. The van der Waals surface area contributed by atoms with Crippen molar-refractivity contribution < 1.29 is 0 Å². The van der Waals surface area contributed by atoms with Gasteiger partial charge in [-0.05, 0) is 25.1 Å². The third-order valence-electron chi connectivity index (χ3n) is 1.97. The largest absolute Gasteiger partial charge is 0.316 e. The van der Waals surface area contributed by atoms with E-state index in [1.165, 1.54) is 17.9 Å². The molecule has 0 amide bonds. The Labute approximate surface area is 76.8 Å². The van der Waals surface area contributed by atoms with Crippen molar-refractivity contribution >= 4 is 11.8 Å². The second kappa shape index (κ2) is 3.92. The molecule has 1 aromatic rings. The Bertz CT molecular complexity index is 232. The van der Waals surface area contributed by atoms with Crippen LogP contribution in [0.1, 0.15) is 6.42 Å². The van der Waals surface area contributed by atoms with Gasteiger partial charge in [0.2, 0.25) is 0 Å². The molecule has 1 aromatic heterocycles. The van der Waals surface area contributed by atoms with Crippen molar-refractivity contribution in [3.63, 3.8) is 0 Å². The summed E-state index contributed by atoms with van der Waals surface area (Å²) in [5.74, 6) is 0. The summed E-state index contributed by atoms with van der Waals surface area (Å²) in [6.07, 6.45) is 4.99. The molecule has 2 rings (SSSR count). The topological polar surface area (TPSA) is 24.9 Å². The number of hydrogen-bond acceptors (Lipinski definition) is 3. The monoisotopic (exact) mass is 180 g/mol. The summed E-state index contributed by atoms with van der Waals surface area (Å²) in [7, 11) is 0. The summed E-state index contributed by atoms with van der Waals surface area (Å²) in [5.41, 5.74) is 0. The third kappa shape index (κ3) is 1.99. The first kappa shape index (κ1) is 8.08. The maximum Gasteiger partial charge on any atom is 0.0278 e. The Hall–Kier alpha value is -0.540. The van der Waals surface area contributed by atoms with Crippen LogP contribution in [-0.2, 0) is 0 Å². The van der Waals surface area contributed by atoms with Gasteiger partial charge in [-0.3, -0.25) is 4.98 Å². The summed E-state index contributed by atoms with van der Waals surface area (Å²) in [6.45, 7) is 2.32. The van der Waals surface area contributed by atoms with E-state index in [9.17, 15) is 0 Å². The van der Waals surface area contributed by atoms with Crippen molar-refractivity contribution in [3.8, 4) is 0 Å². The van der Waals surface area contributed by atoms with Gasteiger partial charge in [0.1, 0.15) is 0 Å². The van der Waals surface area contributed by atoms with Crippen LogP contribution >= 0.6 is 11.8 Å². The smallest absolute Gasteiger partial charge is 0.0278 e. The molecule has 64 valence electrons. The number of thioether (sulfide) groups is 1. The van der Waals surface area contributed by atoms with E-state index in [1.54, 1.807) is 0 Å². The Kier molecular flexibility index (Phi) is 2.64. The Morgan fingerprint density at radius 2 is 2.25 bits per heavy atom. The van der Waals surface area contributed by atoms with Gasteiger partial charge in [0.05, 0.1) is 0 Å². The lowest BCUT2D eigenvalue weighted by atomic mass is 10.4. The highest BCUT2D eigenvalue weighted by molar-refractivity contribution is 8.00. The minimum atomic E-state index is 0.757. The van der Waals surface area contributed by atoms with Gasteiger partial charge in [0, 0.05) is 29.1 Å². The van der Waals surface area contributed by atoms with E-state index in [0.717, 1.165) is 11.8 Å². The Balaban J connectivity index is 1.94. The zero-order valence-corrected chi connectivity index (χ0v) is 7.68. The van der Waals surface area contributed by atoms with E-state index in [2.05, 4.69) is 22.4 Å². The molecule has 3 heteroatoms. The molecule has 1 N–H and O–H groups in total. The van der Waals surface area contributed by atoms with E-state index in [-0.39, 0.29) is 0 Å². The van der Waals surface area contributed by atoms with Gasteiger partial charge in [-0.2, -0.15) is 0 Å². The molecule has 0 radical (unpaired) electrons. The lowest BCUT2D eigenvalue weighted by molar-refractivity contribution is 0.858. The van der Waals surface area contributed by atoms with Gasteiger partial charge in [-0.25, -0.2) is 0 Å². The van der Waals surface area contributed by atoms with Crippen LogP contribution in [-0.4, -0.2) is 23.3 Å². The fraction of sp³-hybridized carbons (Fsp3) is 0.444. The predicted molar refractivity (Wildman–Crippen MR) is 51.4 cm³/mol. The van der Waals surface area contributed by atoms with Crippen LogP contribution in [0.25, 0.3) is 0 Å². The first-order valence-electron chi connectivity index (χ1n) is 4.22. The minimum Gasteiger partial charge on any atom is -0.316 e. The highest BCUT2D eigenvalue weighted by atomic mass is 32.2. The molecule has 0 aromatic carbocycles. The van der Waals surface area contributed by atoms with Crippen molar-refractivity contribution in [1.82, 2.24) is 10.3 Å². The number of nitrogens with zero attached hydrogens (tertiary/aromatic N) is 1. The number of aromatic nitrogens is 1. The number of rotatable bonds is 2. The maximum absolute atomic E-state index is 3.99. The first-order chi connectivity index (χ1) is 5.95. The molecule has 0 bridgehead atoms. The van der Waals surface area contributed by atoms with E-state index in [0.29, 0.717) is 0 Å². The summed E-state index contributed by atoms with van der Waals surface area (Å²) in [5, 5.41) is 4.11. The summed E-state index contributed by atoms with van der Waals surface area (Å²) < 4.78 is 0. The molecule has 2 nitrogen and oxygen atoms in total. The predicted octanol–water partition coefficient (Wildman–Crippen LogP) is 1.54. The van der Waals surface area contributed by atoms with Crippen LogP contribution in [0.15, 0.2) is 29.4 Å². The summed E-state index contributed by atoms with van der Waals surface area (Å²) in [4.78, 5) is 5.32. The number of nitrogens with one attached hydrogen (secondary N) is 1. The second-order valence-corrected chi connectivity index (χ2v) is 4.29.